The van der Waals surface area contributed by atoms with Gasteiger partial charge in [0, 0.05) is 6.07 Å². The molecular weight excluding hydrogens is 420 g/mol. The lowest BCUT2D eigenvalue weighted by molar-refractivity contribution is 0.0675. The molecule has 0 fully saturated rings. The maximum absolute atomic E-state index is 12.7. The molecule has 0 aromatic heterocycles. The van der Waals surface area contributed by atoms with E-state index < -0.39 is 74.6 Å². The number of aromatic carboxylic acids is 2. The molecule has 2 aromatic rings. The Bertz CT molecular complexity index is 919. The second-order valence-electron chi connectivity index (χ2n) is 4.40. The minimum Gasteiger partial charge on any atom is -0.478 e. The van der Waals surface area contributed by atoms with E-state index in [-0.39, 0.29) is 6.07 Å². The standard InChI is InChI=1S/C7HClF4O2.C7H2F4O2/c8-2-1(7(13)14)3(9)5(11)6(12)4(2)10;8-2-1-3(9)5(10)6(11)4(2)7(12)13/h(H,13,14);1H,(H,12,13). The highest BCUT2D eigenvalue weighted by atomic mass is 35.5. The molecule has 13 heteroatoms. The first-order chi connectivity index (χ1) is 12.3. The van der Waals surface area contributed by atoms with Gasteiger partial charge in [-0.15, -0.1) is 0 Å². The number of benzene rings is 2. The summed E-state index contributed by atoms with van der Waals surface area (Å²) in [5, 5.41) is 15.2. The quantitative estimate of drug-likeness (QED) is 0.423. The average Bonchev–Trinajstić information content (AvgIpc) is 2.56. The number of hydrogen-bond donors (Lipinski definition) is 2. The second kappa shape index (κ2) is 8.20. The van der Waals surface area contributed by atoms with E-state index in [0.717, 1.165) is 0 Å². The van der Waals surface area contributed by atoms with Gasteiger partial charge in [0.1, 0.15) is 16.9 Å². The first-order valence-corrected chi connectivity index (χ1v) is 6.51. The van der Waals surface area contributed by atoms with Gasteiger partial charge in [0.25, 0.3) is 0 Å². The lowest BCUT2D eigenvalue weighted by atomic mass is 10.2. The van der Waals surface area contributed by atoms with Gasteiger partial charge in [0.15, 0.2) is 40.7 Å². The van der Waals surface area contributed by atoms with Gasteiger partial charge >= 0.3 is 11.9 Å². The highest BCUT2D eigenvalue weighted by molar-refractivity contribution is 6.33. The van der Waals surface area contributed by atoms with Crippen LogP contribution in [0.3, 0.4) is 0 Å². The lowest BCUT2D eigenvalue weighted by Crippen LogP contribution is -2.08. The Labute approximate surface area is 148 Å². The van der Waals surface area contributed by atoms with Gasteiger partial charge in [-0.3, -0.25) is 0 Å². The molecule has 0 unspecified atom stereocenters. The number of carbonyl (C=O) groups is 2. The molecule has 0 amide bonds. The van der Waals surface area contributed by atoms with Crippen LogP contribution in [0.5, 0.6) is 0 Å². The van der Waals surface area contributed by atoms with Gasteiger partial charge in [-0.2, -0.15) is 0 Å². The summed E-state index contributed by atoms with van der Waals surface area (Å²) in [7, 11) is 0. The zero-order valence-corrected chi connectivity index (χ0v) is 12.9. The van der Waals surface area contributed by atoms with E-state index in [4.69, 9.17) is 21.8 Å². The van der Waals surface area contributed by atoms with E-state index in [1.54, 1.807) is 0 Å². The number of halogens is 9. The van der Waals surface area contributed by atoms with E-state index in [9.17, 15) is 44.7 Å². The van der Waals surface area contributed by atoms with Crippen LogP contribution in [0.2, 0.25) is 5.02 Å². The van der Waals surface area contributed by atoms with Crippen LogP contribution < -0.4 is 0 Å². The molecule has 0 aliphatic rings. The molecule has 0 aliphatic heterocycles. The fraction of sp³-hybridized carbons (Fsp3) is 0. The number of rotatable bonds is 2. The van der Waals surface area contributed by atoms with Gasteiger partial charge < -0.3 is 10.2 Å². The minimum atomic E-state index is -2.20. The smallest absolute Gasteiger partial charge is 0.341 e. The maximum atomic E-state index is 12.7. The molecule has 0 spiro atoms. The van der Waals surface area contributed by atoms with Crippen molar-refractivity contribution in [1.29, 1.82) is 0 Å². The van der Waals surface area contributed by atoms with Gasteiger partial charge in [0.2, 0.25) is 0 Å². The summed E-state index contributed by atoms with van der Waals surface area (Å²) in [6, 6.07) is -0.0259. The van der Waals surface area contributed by atoms with Crippen molar-refractivity contribution in [3.8, 4) is 0 Å². The van der Waals surface area contributed by atoms with Crippen molar-refractivity contribution in [2.75, 3.05) is 0 Å². The third-order valence-electron chi connectivity index (χ3n) is 2.75. The Morgan fingerprint density at radius 3 is 1.48 bits per heavy atom. The SMILES string of the molecule is O=C(O)c1c(F)c(F)c(F)c(F)c1Cl.O=C(O)c1c(F)cc(F)c(F)c1F. The van der Waals surface area contributed by atoms with Crippen LogP contribution in [0.1, 0.15) is 20.7 Å². The van der Waals surface area contributed by atoms with E-state index in [2.05, 4.69) is 0 Å². The Hall–Kier alpha value is -2.89. The first kappa shape index (κ1) is 22.2. The van der Waals surface area contributed by atoms with E-state index in [1.807, 2.05) is 0 Å². The van der Waals surface area contributed by atoms with Crippen LogP contribution in [-0.2, 0) is 0 Å². The molecule has 0 saturated heterocycles. The first-order valence-electron chi connectivity index (χ1n) is 6.13. The van der Waals surface area contributed by atoms with Crippen molar-refractivity contribution in [2.24, 2.45) is 0 Å². The molecule has 2 rings (SSSR count). The van der Waals surface area contributed by atoms with Crippen molar-refractivity contribution in [2.45, 2.75) is 0 Å². The van der Waals surface area contributed by atoms with Gasteiger partial charge in [0.05, 0.1) is 5.02 Å². The number of hydrogen-bond acceptors (Lipinski definition) is 2. The third kappa shape index (κ3) is 4.27. The molecule has 2 N–H and O–H groups in total. The Morgan fingerprint density at radius 1 is 0.630 bits per heavy atom. The Morgan fingerprint density at radius 2 is 1.04 bits per heavy atom. The van der Waals surface area contributed by atoms with Crippen molar-refractivity contribution >= 4 is 23.5 Å². The summed E-state index contributed by atoms with van der Waals surface area (Å²) >= 11 is 4.97. The van der Waals surface area contributed by atoms with Crippen LogP contribution in [-0.4, -0.2) is 22.2 Å². The van der Waals surface area contributed by atoms with Crippen molar-refractivity contribution in [3.05, 3.63) is 68.8 Å². The highest BCUT2D eigenvalue weighted by Crippen LogP contribution is 2.28. The Kier molecular flexibility index (Phi) is 6.73. The monoisotopic (exact) mass is 422 g/mol. The topological polar surface area (TPSA) is 74.6 Å². The average molecular weight is 423 g/mol. The van der Waals surface area contributed by atoms with E-state index >= 15 is 0 Å². The molecule has 0 saturated carbocycles. The van der Waals surface area contributed by atoms with Crippen LogP contribution in [0.15, 0.2) is 6.07 Å². The molecule has 4 nitrogen and oxygen atoms in total. The predicted octanol–water partition coefficient (Wildman–Crippen LogP) is 4.54. The maximum Gasteiger partial charge on any atom is 0.341 e. The summed E-state index contributed by atoms with van der Waals surface area (Å²) in [5.41, 5.74) is -2.93. The molecule has 0 bridgehead atoms. The van der Waals surface area contributed by atoms with Crippen molar-refractivity contribution in [1.82, 2.24) is 0 Å². The summed E-state index contributed by atoms with van der Waals surface area (Å²) < 4.78 is 99.9. The molecule has 0 heterocycles. The van der Waals surface area contributed by atoms with Crippen LogP contribution in [0.4, 0.5) is 35.1 Å². The second-order valence-corrected chi connectivity index (χ2v) is 4.78. The van der Waals surface area contributed by atoms with Crippen LogP contribution in [0, 0.1) is 46.5 Å². The molecule has 0 atom stereocenters. The molecule has 0 aliphatic carbocycles. The molecular formula is C14H3ClF8O4. The largest absolute Gasteiger partial charge is 0.478 e. The van der Waals surface area contributed by atoms with Crippen LogP contribution >= 0.6 is 11.6 Å². The summed E-state index contributed by atoms with van der Waals surface area (Å²) in [6.07, 6.45) is 0. The third-order valence-corrected chi connectivity index (χ3v) is 3.11. The molecule has 2 aromatic carbocycles. The van der Waals surface area contributed by atoms with Crippen molar-refractivity contribution in [3.63, 3.8) is 0 Å². The normalized spacial score (nSPS) is 10.3. The predicted molar refractivity (Wildman–Crippen MR) is 71.5 cm³/mol. The summed E-state index contributed by atoms with van der Waals surface area (Å²) in [4.78, 5) is 20.4. The van der Waals surface area contributed by atoms with Crippen LogP contribution in [0.25, 0.3) is 0 Å². The van der Waals surface area contributed by atoms with Crippen molar-refractivity contribution < 1.29 is 54.9 Å². The minimum absolute atomic E-state index is 0.0259. The highest BCUT2D eigenvalue weighted by Gasteiger charge is 2.28. The fourth-order valence-electron chi connectivity index (χ4n) is 1.55. The van der Waals surface area contributed by atoms with Gasteiger partial charge in [-0.05, 0) is 0 Å². The summed E-state index contributed by atoms with van der Waals surface area (Å²) in [5.74, 6) is -19.7. The zero-order chi connectivity index (χ0) is 21.2. The van der Waals surface area contributed by atoms with E-state index in [0.29, 0.717) is 0 Å². The van der Waals surface area contributed by atoms with E-state index in [1.165, 1.54) is 0 Å². The summed E-state index contributed by atoms with van der Waals surface area (Å²) in [6.45, 7) is 0. The number of carboxylic acid groups (broad SMARTS) is 2. The molecule has 0 radical (unpaired) electrons. The van der Waals surface area contributed by atoms with Gasteiger partial charge in [-0.1, -0.05) is 11.6 Å². The fourth-order valence-corrected chi connectivity index (χ4v) is 1.80. The Balaban J connectivity index is 0.000000271. The number of carboxylic acids is 2. The molecule has 146 valence electrons. The molecule has 27 heavy (non-hydrogen) atoms. The van der Waals surface area contributed by atoms with Gasteiger partial charge in [-0.25, -0.2) is 44.7 Å². The lowest BCUT2D eigenvalue weighted by Gasteiger charge is -2.04. The zero-order valence-electron chi connectivity index (χ0n) is 12.2.